The number of ether oxygens (including phenoxy) is 1. The van der Waals surface area contributed by atoms with E-state index in [0.29, 0.717) is 25.9 Å². The molecule has 0 aliphatic rings. The zero-order chi connectivity index (χ0) is 49.3. The van der Waals surface area contributed by atoms with Gasteiger partial charge in [-0.3, -0.25) is 9.59 Å². The summed E-state index contributed by atoms with van der Waals surface area (Å²) >= 11 is 0. The minimum atomic E-state index is -0.670. The average molecular weight is 959 g/mol. The SMILES string of the molecule is CCCCCCCCCCCCCCCCCCCCCC(=O)OCCCCC/C=C\C=C/CCCCCCCCCCCCC(=O)NC(CO)C(O)CCCCCCCCCCCCCCC. The predicted octanol–water partition coefficient (Wildman–Crippen LogP) is 19.0. The molecular formula is C62H119NO5. The third-order valence-electron chi connectivity index (χ3n) is 14.3. The number of carbonyl (C=O) groups excluding carboxylic acids is 2. The van der Waals surface area contributed by atoms with Gasteiger partial charge >= 0.3 is 5.97 Å². The molecule has 68 heavy (non-hydrogen) atoms. The average Bonchev–Trinajstić information content (AvgIpc) is 3.34. The molecule has 0 aromatic carbocycles. The number of rotatable bonds is 57. The topological polar surface area (TPSA) is 95.9 Å². The molecule has 0 bridgehead atoms. The fourth-order valence-electron chi connectivity index (χ4n) is 9.57. The number of hydrogen-bond acceptors (Lipinski definition) is 5. The number of esters is 1. The summed E-state index contributed by atoms with van der Waals surface area (Å²) in [6, 6.07) is -0.548. The Morgan fingerprint density at radius 3 is 1.09 bits per heavy atom. The third-order valence-corrected chi connectivity index (χ3v) is 14.3. The van der Waals surface area contributed by atoms with E-state index in [9.17, 15) is 19.8 Å². The molecule has 402 valence electrons. The number of hydrogen-bond donors (Lipinski definition) is 3. The zero-order valence-corrected chi connectivity index (χ0v) is 45.9. The van der Waals surface area contributed by atoms with E-state index in [1.165, 1.54) is 231 Å². The second-order valence-electron chi connectivity index (χ2n) is 21.1. The van der Waals surface area contributed by atoms with Gasteiger partial charge in [-0.25, -0.2) is 0 Å². The molecule has 2 atom stereocenters. The Morgan fingerprint density at radius 1 is 0.412 bits per heavy atom. The summed E-state index contributed by atoms with van der Waals surface area (Å²) < 4.78 is 5.47. The van der Waals surface area contributed by atoms with Crippen molar-refractivity contribution < 1.29 is 24.5 Å². The van der Waals surface area contributed by atoms with Gasteiger partial charge in [-0.2, -0.15) is 0 Å². The molecule has 2 unspecified atom stereocenters. The lowest BCUT2D eigenvalue weighted by Crippen LogP contribution is -2.45. The van der Waals surface area contributed by atoms with E-state index in [4.69, 9.17) is 4.74 Å². The first-order valence-electron chi connectivity index (χ1n) is 30.6. The van der Waals surface area contributed by atoms with E-state index in [-0.39, 0.29) is 18.5 Å². The minimum absolute atomic E-state index is 0.00822. The van der Waals surface area contributed by atoms with Gasteiger partial charge in [0.15, 0.2) is 0 Å². The van der Waals surface area contributed by atoms with Gasteiger partial charge in [0.2, 0.25) is 5.91 Å². The van der Waals surface area contributed by atoms with Crippen molar-refractivity contribution in [2.24, 2.45) is 0 Å². The van der Waals surface area contributed by atoms with Crippen LogP contribution in [-0.4, -0.2) is 47.4 Å². The summed E-state index contributed by atoms with van der Waals surface area (Å²) in [5, 5.41) is 23.2. The fourth-order valence-corrected chi connectivity index (χ4v) is 9.57. The molecule has 0 aromatic heterocycles. The molecule has 6 heteroatoms. The van der Waals surface area contributed by atoms with Gasteiger partial charge < -0.3 is 20.3 Å². The van der Waals surface area contributed by atoms with Crippen molar-refractivity contribution in [2.75, 3.05) is 13.2 Å². The molecule has 0 saturated heterocycles. The Labute approximate surface area is 424 Å². The molecule has 0 spiro atoms. The molecule has 6 nitrogen and oxygen atoms in total. The lowest BCUT2D eigenvalue weighted by Gasteiger charge is -2.22. The van der Waals surface area contributed by atoms with Crippen LogP contribution in [0.3, 0.4) is 0 Å². The molecular weight excluding hydrogens is 839 g/mol. The van der Waals surface area contributed by atoms with Gasteiger partial charge in [0.1, 0.15) is 0 Å². The largest absolute Gasteiger partial charge is 0.466 e. The zero-order valence-electron chi connectivity index (χ0n) is 45.9. The Hall–Kier alpha value is -1.66. The van der Waals surface area contributed by atoms with Crippen LogP contribution in [0.25, 0.3) is 0 Å². The first-order valence-corrected chi connectivity index (χ1v) is 30.6. The Kier molecular flexibility index (Phi) is 56.5. The summed E-state index contributed by atoms with van der Waals surface area (Å²) in [6.45, 7) is 4.93. The summed E-state index contributed by atoms with van der Waals surface area (Å²) in [4.78, 5) is 24.5. The number of allylic oxidation sites excluding steroid dienone is 4. The second-order valence-corrected chi connectivity index (χ2v) is 21.1. The fraction of sp³-hybridized carbons (Fsp3) is 0.903. The quantitative estimate of drug-likeness (QED) is 0.0321. The minimum Gasteiger partial charge on any atom is -0.466 e. The van der Waals surface area contributed by atoms with Crippen molar-refractivity contribution in [3.05, 3.63) is 24.3 Å². The van der Waals surface area contributed by atoms with Crippen molar-refractivity contribution in [1.82, 2.24) is 5.32 Å². The lowest BCUT2D eigenvalue weighted by molar-refractivity contribution is -0.143. The predicted molar refractivity (Wildman–Crippen MR) is 296 cm³/mol. The van der Waals surface area contributed by atoms with Crippen molar-refractivity contribution in [1.29, 1.82) is 0 Å². The van der Waals surface area contributed by atoms with Crippen LogP contribution >= 0.6 is 0 Å². The highest BCUT2D eigenvalue weighted by Gasteiger charge is 2.20. The van der Waals surface area contributed by atoms with Gasteiger partial charge in [-0.1, -0.05) is 289 Å². The van der Waals surface area contributed by atoms with Crippen LogP contribution in [0.5, 0.6) is 0 Å². The summed E-state index contributed by atoms with van der Waals surface area (Å²) in [7, 11) is 0. The first kappa shape index (κ1) is 66.3. The van der Waals surface area contributed by atoms with Gasteiger partial charge in [-0.05, 0) is 57.8 Å². The van der Waals surface area contributed by atoms with Crippen LogP contribution in [0.4, 0.5) is 0 Å². The van der Waals surface area contributed by atoms with Crippen LogP contribution in [0.15, 0.2) is 24.3 Å². The maximum Gasteiger partial charge on any atom is 0.305 e. The number of aliphatic hydroxyl groups excluding tert-OH is 2. The molecule has 0 aliphatic carbocycles. The van der Waals surface area contributed by atoms with E-state index >= 15 is 0 Å². The Bertz CT molecular complexity index is 1060. The number of carbonyl (C=O) groups is 2. The molecule has 0 heterocycles. The van der Waals surface area contributed by atoms with Crippen molar-refractivity contribution in [3.63, 3.8) is 0 Å². The summed E-state index contributed by atoms with van der Waals surface area (Å²) in [5.74, 6) is -0.0521. The highest BCUT2D eigenvalue weighted by molar-refractivity contribution is 5.76. The van der Waals surface area contributed by atoms with Gasteiger partial charge in [0.25, 0.3) is 0 Å². The van der Waals surface area contributed by atoms with E-state index in [0.717, 1.165) is 70.6 Å². The molecule has 0 aromatic rings. The normalized spacial score (nSPS) is 12.7. The van der Waals surface area contributed by atoms with E-state index in [2.05, 4.69) is 43.5 Å². The summed E-state index contributed by atoms with van der Waals surface area (Å²) in [5.41, 5.74) is 0. The molecule has 1 amide bonds. The van der Waals surface area contributed by atoms with Crippen LogP contribution in [0.2, 0.25) is 0 Å². The van der Waals surface area contributed by atoms with Gasteiger partial charge in [-0.15, -0.1) is 0 Å². The number of unbranched alkanes of at least 4 members (excludes halogenated alkanes) is 43. The Balaban J connectivity index is 3.44. The van der Waals surface area contributed by atoms with Gasteiger partial charge in [0, 0.05) is 12.8 Å². The van der Waals surface area contributed by atoms with E-state index < -0.39 is 12.1 Å². The molecule has 0 fully saturated rings. The van der Waals surface area contributed by atoms with Crippen LogP contribution in [0, 0.1) is 0 Å². The molecule has 0 rings (SSSR count). The monoisotopic (exact) mass is 958 g/mol. The maximum absolute atomic E-state index is 12.5. The van der Waals surface area contributed by atoms with Gasteiger partial charge in [0.05, 0.1) is 25.4 Å². The summed E-state index contributed by atoms with van der Waals surface area (Å²) in [6.07, 6.45) is 70.4. The Morgan fingerprint density at radius 2 is 0.721 bits per heavy atom. The van der Waals surface area contributed by atoms with Crippen molar-refractivity contribution in [3.8, 4) is 0 Å². The van der Waals surface area contributed by atoms with Crippen LogP contribution in [0.1, 0.15) is 335 Å². The molecule has 0 aliphatic heterocycles. The van der Waals surface area contributed by atoms with E-state index in [1.54, 1.807) is 0 Å². The number of amides is 1. The van der Waals surface area contributed by atoms with Crippen molar-refractivity contribution in [2.45, 2.75) is 347 Å². The third kappa shape index (κ3) is 53.7. The lowest BCUT2D eigenvalue weighted by atomic mass is 10.0. The van der Waals surface area contributed by atoms with Crippen LogP contribution in [-0.2, 0) is 14.3 Å². The molecule has 3 N–H and O–H groups in total. The molecule has 0 radical (unpaired) electrons. The van der Waals surface area contributed by atoms with Crippen LogP contribution < -0.4 is 5.32 Å². The van der Waals surface area contributed by atoms with E-state index in [1.807, 2.05) is 0 Å². The smallest absolute Gasteiger partial charge is 0.305 e. The highest BCUT2D eigenvalue weighted by Crippen LogP contribution is 2.18. The first-order chi connectivity index (χ1) is 33.5. The molecule has 0 saturated carbocycles. The second kappa shape index (κ2) is 57.9. The standard InChI is InChI=1S/C62H119NO5/c1-3-5-7-9-11-13-15-17-18-19-21-25-28-32-36-40-44-48-52-56-62(67)68-57-53-49-45-41-37-33-29-26-23-20-22-24-27-31-35-39-43-47-51-55-61(66)63-59(58-64)60(65)54-50-46-42-38-34-30-16-14-12-10-8-6-4-2/h26,29,33,37,59-60,64-65H,3-25,27-28,30-32,34-36,38-58H2,1-2H3,(H,63,66)/b29-26-,37-33-. The van der Waals surface area contributed by atoms with Crippen molar-refractivity contribution >= 4 is 11.9 Å². The maximum atomic E-state index is 12.5. The number of aliphatic hydroxyl groups is 2. The highest BCUT2D eigenvalue weighted by atomic mass is 16.5. The number of nitrogens with one attached hydrogen (secondary N) is 1.